The Morgan fingerprint density at radius 3 is 2.70 bits per heavy atom. The molecule has 0 saturated heterocycles. The lowest BCUT2D eigenvalue weighted by Crippen LogP contribution is -2.02. The van der Waals surface area contributed by atoms with Crippen LogP contribution in [-0.2, 0) is 0 Å². The second-order valence-corrected chi connectivity index (χ2v) is 5.36. The summed E-state index contributed by atoms with van der Waals surface area (Å²) >= 11 is 3.35. The van der Waals surface area contributed by atoms with E-state index in [2.05, 4.69) is 15.9 Å². The van der Waals surface area contributed by atoms with Gasteiger partial charge in [-0.3, -0.25) is 4.79 Å². The van der Waals surface area contributed by atoms with Crippen molar-refractivity contribution in [2.45, 2.75) is 6.92 Å². The van der Waals surface area contributed by atoms with E-state index < -0.39 is 0 Å². The topological polar surface area (TPSA) is 30.2 Å². The van der Waals surface area contributed by atoms with Crippen molar-refractivity contribution in [1.29, 1.82) is 0 Å². The highest BCUT2D eigenvalue weighted by molar-refractivity contribution is 9.10. The summed E-state index contributed by atoms with van der Waals surface area (Å²) in [5, 5.41) is 0.625. The highest BCUT2D eigenvalue weighted by Gasteiger charge is 2.20. The molecular formula is C16H10BrFO2. The zero-order chi connectivity index (χ0) is 14.3. The molecular weight excluding hydrogens is 323 g/mol. The predicted octanol–water partition coefficient (Wildman–Crippen LogP) is 4.87. The van der Waals surface area contributed by atoms with Gasteiger partial charge in [0.25, 0.3) is 0 Å². The Balaban J connectivity index is 2.18. The van der Waals surface area contributed by atoms with E-state index in [-0.39, 0.29) is 17.4 Å². The van der Waals surface area contributed by atoms with Crippen molar-refractivity contribution in [3.8, 4) is 0 Å². The van der Waals surface area contributed by atoms with Gasteiger partial charge in [-0.25, -0.2) is 4.39 Å². The van der Waals surface area contributed by atoms with Crippen LogP contribution in [0.4, 0.5) is 4.39 Å². The minimum absolute atomic E-state index is 0.216. The fraction of sp³-hybridized carbons (Fsp3) is 0.0625. The molecule has 0 aliphatic rings. The van der Waals surface area contributed by atoms with Crippen molar-refractivity contribution >= 4 is 32.7 Å². The molecule has 100 valence electrons. The number of halogens is 2. The molecule has 2 aromatic carbocycles. The Hall–Kier alpha value is -1.94. The SMILES string of the molecule is Cc1c(C(=O)c2ccccc2Br)oc2ccc(F)cc12. The van der Waals surface area contributed by atoms with E-state index in [9.17, 15) is 9.18 Å². The number of hydrogen-bond donors (Lipinski definition) is 0. The quantitative estimate of drug-likeness (QED) is 0.626. The van der Waals surface area contributed by atoms with Gasteiger partial charge in [-0.1, -0.05) is 28.1 Å². The number of carbonyl (C=O) groups excluding carboxylic acids is 1. The summed E-state index contributed by atoms with van der Waals surface area (Å²) in [6, 6.07) is 11.4. The van der Waals surface area contributed by atoms with Crippen molar-refractivity contribution in [2.24, 2.45) is 0 Å². The van der Waals surface area contributed by atoms with Crippen LogP contribution in [0.5, 0.6) is 0 Å². The molecule has 4 heteroatoms. The lowest BCUT2D eigenvalue weighted by atomic mass is 10.0. The molecule has 0 amide bonds. The Morgan fingerprint density at radius 1 is 1.20 bits per heavy atom. The standard InChI is InChI=1S/C16H10BrFO2/c1-9-12-8-10(18)6-7-14(12)20-16(9)15(19)11-4-2-3-5-13(11)17/h2-8H,1H3. The first kappa shape index (κ1) is 13.1. The number of rotatable bonds is 2. The van der Waals surface area contributed by atoms with Gasteiger partial charge in [0.1, 0.15) is 11.4 Å². The van der Waals surface area contributed by atoms with Crippen LogP contribution >= 0.6 is 15.9 Å². The van der Waals surface area contributed by atoms with Gasteiger partial charge in [0, 0.05) is 21.0 Å². The first-order chi connectivity index (χ1) is 9.58. The number of aryl methyl sites for hydroxylation is 1. The van der Waals surface area contributed by atoms with Gasteiger partial charge in [-0.15, -0.1) is 0 Å². The van der Waals surface area contributed by atoms with E-state index in [0.717, 1.165) is 0 Å². The maximum Gasteiger partial charge on any atom is 0.229 e. The largest absolute Gasteiger partial charge is 0.452 e. The van der Waals surface area contributed by atoms with E-state index >= 15 is 0 Å². The molecule has 20 heavy (non-hydrogen) atoms. The summed E-state index contributed by atoms with van der Waals surface area (Å²) in [5.74, 6) is -0.314. The van der Waals surface area contributed by atoms with Crippen LogP contribution in [0.3, 0.4) is 0 Å². The van der Waals surface area contributed by atoms with Gasteiger partial charge in [0.2, 0.25) is 5.78 Å². The highest BCUT2D eigenvalue weighted by atomic mass is 79.9. The van der Waals surface area contributed by atoms with Gasteiger partial charge < -0.3 is 4.42 Å². The normalized spacial score (nSPS) is 10.9. The van der Waals surface area contributed by atoms with Crippen LogP contribution in [-0.4, -0.2) is 5.78 Å². The Labute approximate surface area is 123 Å². The molecule has 0 atom stereocenters. The van der Waals surface area contributed by atoms with Crippen LogP contribution in [0.15, 0.2) is 51.4 Å². The van der Waals surface area contributed by atoms with Crippen LogP contribution in [0, 0.1) is 12.7 Å². The molecule has 0 unspecified atom stereocenters. The summed E-state index contributed by atoms with van der Waals surface area (Å²) < 4.78 is 19.6. The van der Waals surface area contributed by atoms with E-state index in [0.29, 0.717) is 26.6 Å². The average Bonchev–Trinajstić information content (AvgIpc) is 2.76. The summed E-state index contributed by atoms with van der Waals surface area (Å²) in [4.78, 5) is 12.5. The summed E-state index contributed by atoms with van der Waals surface area (Å²) in [7, 11) is 0. The Bertz CT molecular complexity index is 820. The van der Waals surface area contributed by atoms with Gasteiger partial charge in [-0.2, -0.15) is 0 Å². The van der Waals surface area contributed by atoms with Gasteiger partial charge in [0.05, 0.1) is 0 Å². The van der Waals surface area contributed by atoms with Crippen molar-refractivity contribution < 1.29 is 13.6 Å². The van der Waals surface area contributed by atoms with Gasteiger partial charge in [0.15, 0.2) is 5.76 Å². The minimum atomic E-state index is -0.346. The second-order valence-electron chi connectivity index (χ2n) is 4.51. The predicted molar refractivity (Wildman–Crippen MR) is 78.5 cm³/mol. The lowest BCUT2D eigenvalue weighted by molar-refractivity contribution is 0.101. The average molecular weight is 333 g/mol. The van der Waals surface area contributed by atoms with Crippen molar-refractivity contribution in [3.63, 3.8) is 0 Å². The minimum Gasteiger partial charge on any atom is -0.452 e. The van der Waals surface area contributed by atoms with Crippen molar-refractivity contribution in [2.75, 3.05) is 0 Å². The molecule has 0 fully saturated rings. The van der Waals surface area contributed by atoms with Crippen molar-refractivity contribution in [1.82, 2.24) is 0 Å². The van der Waals surface area contributed by atoms with Crippen molar-refractivity contribution in [3.05, 3.63) is 69.6 Å². The number of benzene rings is 2. The molecule has 1 aromatic heterocycles. The third-order valence-corrected chi connectivity index (χ3v) is 3.91. The van der Waals surface area contributed by atoms with E-state index in [4.69, 9.17) is 4.42 Å². The van der Waals surface area contributed by atoms with Crippen LogP contribution in [0.25, 0.3) is 11.0 Å². The van der Waals surface area contributed by atoms with Crippen LogP contribution in [0.2, 0.25) is 0 Å². The monoisotopic (exact) mass is 332 g/mol. The fourth-order valence-electron chi connectivity index (χ4n) is 2.18. The Kier molecular flexibility index (Phi) is 3.18. The maximum atomic E-state index is 13.3. The zero-order valence-electron chi connectivity index (χ0n) is 10.6. The molecule has 3 rings (SSSR count). The van der Waals surface area contributed by atoms with Gasteiger partial charge in [-0.05, 0) is 37.3 Å². The molecule has 1 heterocycles. The number of ketones is 1. The highest BCUT2D eigenvalue weighted by Crippen LogP contribution is 2.29. The summed E-state index contributed by atoms with van der Waals surface area (Å²) in [6.07, 6.45) is 0. The molecule has 0 aliphatic heterocycles. The van der Waals surface area contributed by atoms with E-state index in [1.807, 2.05) is 6.07 Å². The third-order valence-electron chi connectivity index (χ3n) is 3.22. The smallest absolute Gasteiger partial charge is 0.229 e. The summed E-state index contributed by atoms with van der Waals surface area (Å²) in [6.45, 7) is 1.76. The summed E-state index contributed by atoms with van der Waals surface area (Å²) in [5.41, 5.74) is 1.69. The zero-order valence-corrected chi connectivity index (χ0v) is 12.2. The molecule has 3 aromatic rings. The molecule has 0 aliphatic carbocycles. The third kappa shape index (κ3) is 2.06. The molecule has 0 N–H and O–H groups in total. The molecule has 2 nitrogen and oxygen atoms in total. The Morgan fingerprint density at radius 2 is 1.95 bits per heavy atom. The second kappa shape index (κ2) is 4.87. The first-order valence-corrected chi connectivity index (χ1v) is 6.85. The van der Waals surface area contributed by atoms with Crippen LogP contribution in [0.1, 0.15) is 21.7 Å². The first-order valence-electron chi connectivity index (χ1n) is 6.06. The van der Waals surface area contributed by atoms with E-state index in [1.54, 1.807) is 25.1 Å². The van der Waals surface area contributed by atoms with E-state index in [1.165, 1.54) is 18.2 Å². The number of fused-ring (bicyclic) bond motifs is 1. The number of carbonyl (C=O) groups is 1. The fourth-order valence-corrected chi connectivity index (χ4v) is 2.64. The molecule has 0 bridgehead atoms. The maximum absolute atomic E-state index is 13.3. The molecule has 0 saturated carbocycles. The number of hydrogen-bond acceptors (Lipinski definition) is 2. The molecule has 0 spiro atoms. The van der Waals surface area contributed by atoms with Crippen LogP contribution < -0.4 is 0 Å². The molecule has 0 radical (unpaired) electrons. The van der Waals surface area contributed by atoms with Gasteiger partial charge >= 0.3 is 0 Å². The lowest BCUT2D eigenvalue weighted by Gasteiger charge is -2.01. The number of furan rings is 1.